The van der Waals surface area contributed by atoms with Crippen LogP contribution in [0.15, 0.2) is 46.3 Å². The van der Waals surface area contributed by atoms with Crippen LogP contribution >= 0.6 is 27.3 Å². The summed E-state index contributed by atoms with van der Waals surface area (Å²) in [5, 5.41) is 2.03. The van der Waals surface area contributed by atoms with Crippen LogP contribution in [0.4, 0.5) is 0 Å². The summed E-state index contributed by atoms with van der Waals surface area (Å²) in [4.78, 5) is 13.1. The third kappa shape index (κ3) is 2.80. The number of hydrogen-bond donors (Lipinski definition) is 0. The summed E-state index contributed by atoms with van der Waals surface area (Å²) in [5.41, 5.74) is 0.801. The lowest BCUT2D eigenvalue weighted by Crippen LogP contribution is -2.00. The first-order valence-corrected chi connectivity index (χ1v) is 6.75. The van der Waals surface area contributed by atoms with Crippen LogP contribution in [0.25, 0.3) is 0 Å². The summed E-state index contributed by atoms with van der Waals surface area (Å²) in [6, 6.07) is 11.5. The Bertz CT molecular complexity index is 476. The number of halogens is 1. The highest BCUT2D eigenvalue weighted by molar-refractivity contribution is 9.10. The van der Waals surface area contributed by atoms with Crippen LogP contribution in [-0.2, 0) is 6.42 Å². The third-order valence-electron chi connectivity index (χ3n) is 2.37. The second-order valence-corrected chi connectivity index (χ2v) is 5.34. The Morgan fingerprint density at radius 2 is 1.94 bits per heavy atom. The molecular formula is C13H11BrOS. The van der Waals surface area contributed by atoms with Crippen molar-refractivity contribution in [3.63, 3.8) is 0 Å². The van der Waals surface area contributed by atoms with Gasteiger partial charge in [-0.3, -0.25) is 4.79 Å². The molecule has 0 spiro atoms. The summed E-state index contributed by atoms with van der Waals surface area (Å²) in [5.74, 6) is 0.209. The summed E-state index contributed by atoms with van der Waals surface area (Å²) >= 11 is 5.16. The van der Waals surface area contributed by atoms with Crippen molar-refractivity contribution in [2.45, 2.75) is 12.8 Å². The second-order valence-electron chi connectivity index (χ2n) is 3.48. The Labute approximate surface area is 107 Å². The summed E-state index contributed by atoms with van der Waals surface area (Å²) < 4.78 is 1.11. The van der Waals surface area contributed by atoms with Crippen molar-refractivity contribution in [3.8, 4) is 0 Å². The molecule has 0 amide bonds. The highest BCUT2D eigenvalue weighted by Crippen LogP contribution is 2.24. The maximum absolute atomic E-state index is 11.8. The smallest absolute Gasteiger partial charge is 0.163 e. The van der Waals surface area contributed by atoms with Crippen LogP contribution < -0.4 is 0 Å². The molecular weight excluding hydrogens is 284 g/mol. The molecule has 0 fully saturated rings. The minimum Gasteiger partial charge on any atom is -0.294 e. The first-order chi connectivity index (χ1) is 7.77. The summed E-state index contributed by atoms with van der Waals surface area (Å²) in [6.45, 7) is 0. The van der Waals surface area contributed by atoms with Gasteiger partial charge >= 0.3 is 0 Å². The van der Waals surface area contributed by atoms with Gasteiger partial charge in [0, 0.05) is 21.3 Å². The molecule has 82 valence electrons. The molecule has 1 heterocycles. The van der Waals surface area contributed by atoms with E-state index < -0.39 is 0 Å². The monoisotopic (exact) mass is 294 g/mol. The first kappa shape index (κ1) is 11.6. The largest absolute Gasteiger partial charge is 0.294 e. The first-order valence-electron chi connectivity index (χ1n) is 5.07. The van der Waals surface area contributed by atoms with Gasteiger partial charge in [0.1, 0.15) is 0 Å². The number of aryl methyl sites for hydroxylation is 1. The van der Waals surface area contributed by atoms with Crippen molar-refractivity contribution in [1.29, 1.82) is 0 Å². The van der Waals surface area contributed by atoms with Crippen LogP contribution in [0.3, 0.4) is 0 Å². The zero-order chi connectivity index (χ0) is 11.4. The number of hydrogen-bond acceptors (Lipinski definition) is 2. The minimum absolute atomic E-state index is 0.209. The van der Waals surface area contributed by atoms with Gasteiger partial charge in [-0.1, -0.05) is 30.3 Å². The van der Waals surface area contributed by atoms with Gasteiger partial charge in [0.15, 0.2) is 5.78 Å². The molecule has 0 atom stereocenters. The molecule has 0 radical (unpaired) electrons. The van der Waals surface area contributed by atoms with Crippen LogP contribution in [-0.4, -0.2) is 5.78 Å². The maximum Gasteiger partial charge on any atom is 0.163 e. The fourth-order valence-electron chi connectivity index (χ4n) is 1.50. The molecule has 3 heteroatoms. The molecule has 2 aromatic rings. The van der Waals surface area contributed by atoms with E-state index in [0.717, 1.165) is 16.5 Å². The van der Waals surface area contributed by atoms with Crippen molar-refractivity contribution in [2.24, 2.45) is 0 Å². The van der Waals surface area contributed by atoms with Gasteiger partial charge in [0.2, 0.25) is 0 Å². The van der Waals surface area contributed by atoms with Gasteiger partial charge in [-0.2, -0.15) is 0 Å². The standard InChI is InChI=1S/C13H11BrOS/c14-11-8-9-16-13(11)7-6-12(15)10-4-2-1-3-5-10/h1-5,8-9H,6-7H2. The third-order valence-corrected chi connectivity index (χ3v) is 4.35. The Kier molecular flexibility index (Phi) is 3.91. The van der Waals surface area contributed by atoms with Gasteiger partial charge in [-0.25, -0.2) is 0 Å². The second kappa shape index (κ2) is 5.41. The van der Waals surface area contributed by atoms with Gasteiger partial charge < -0.3 is 0 Å². The van der Waals surface area contributed by atoms with Crippen molar-refractivity contribution < 1.29 is 4.79 Å². The molecule has 0 aliphatic heterocycles. The van der Waals surface area contributed by atoms with E-state index in [9.17, 15) is 4.79 Å². The topological polar surface area (TPSA) is 17.1 Å². The lowest BCUT2D eigenvalue weighted by atomic mass is 10.1. The van der Waals surface area contributed by atoms with E-state index in [1.54, 1.807) is 11.3 Å². The average Bonchev–Trinajstić information content (AvgIpc) is 2.73. The molecule has 0 saturated heterocycles. The normalized spacial score (nSPS) is 10.3. The predicted octanol–water partition coefficient (Wildman–Crippen LogP) is 4.33. The maximum atomic E-state index is 11.8. The van der Waals surface area contributed by atoms with Gasteiger partial charge in [0.25, 0.3) is 0 Å². The van der Waals surface area contributed by atoms with Crippen LogP contribution in [0, 0.1) is 0 Å². The Morgan fingerprint density at radius 1 is 1.19 bits per heavy atom. The number of benzene rings is 1. The SMILES string of the molecule is O=C(CCc1sccc1Br)c1ccccc1. The zero-order valence-corrected chi connectivity index (χ0v) is 11.1. The minimum atomic E-state index is 0.209. The van der Waals surface area contributed by atoms with Crippen molar-refractivity contribution in [3.05, 3.63) is 56.7 Å². The lowest BCUT2D eigenvalue weighted by molar-refractivity contribution is 0.0983. The molecule has 0 aliphatic carbocycles. The van der Waals surface area contributed by atoms with Crippen LogP contribution in [0.5, 0.6) is 0 Å². The quantitative estimate of drug-likeness (QED) is 0.767. The Morgan fingerprint density at radius 3 is 2.56 bits per heavy atom. The van der Waals surface area contributed by atoms with E-state index in [1.807, 2.05) is 41.8 Å². The number of carbonyl (C=O) groups excluding carboxylic acids is 1. The summed E-state index contributed by atoms with van der Waals surface area (Å²) in [6.07, 6.45) is 1.38. The number of ketones is 1. The van der Waals surface area contributed by atoms with E-state index in [0.29, 0.717) is 6.42 Å². The van der Waals surface area contributed by atoms with E-state index in [4.69, 9.17) is 0 Å². The number of rotatable bonds is 4. The number of carbonyl (C=O) groups is 1. The molecule has 0 aliphatic rings. The molecule has 0 unspecified atom stereocenters. The Balaban J connectivity index is 1.97. The lowest BCUT2D eigenvalue weighted by Gasteiger charge is -2.00. The summed E-state index contributed by atoms with van der Waals surface area (Å²) in [7, 11) is 0. The van der Waals surface area contributed by atoms with Crippen molar-refractivity contribution in [2.75, 3.05) is 0 Å². The van der Waals surface area contributed by atoms with E-state index in [2.05, 4.69) is 15.9 Å². The van der Waals surface area contributed by atoms with E-state index in [1.165, 1.54) is 4.88 Å². The van der Waals surface area contributed by atoms with Gasteiger partial charge in [-0.05, 0) is 33.8 Å². The van der Waals surface area contributed by atoms with Crippen LogP contribution in [0.2, 0.25) is 0 Å². The van der Waals surface area contributed by atoms with Crippen LogP contribution in [0.1, 0.15) is 21.7 Å². The fraction of sp³-hybridized carbons (Fsp3) is 0.154. The molecule has 16 heavy (non-hydrogen) atoms. The zero-order valence-electron chi connectivity index (χ0n) is 8.65. The molecule has 1 aromatic carbocycles. The molecule has 0 N–H and O–H groups in total. The highest BCUT2D eigenvalue weighted by atomic mass is 79.9. The van der Waals surface area contributed by atoms with Gasteiger partial charge in [-0.15, -0.1) is 11.3 Å². The van der Waals surface area contributed by atoms with E-state index in [-0.39, 0.29) is 5.78 Å². The molecule has 0 bridgehead atoms. The molecule has 1 aromatic heterocycles. The number of thiophene rings is 1. The van der Waals surface area contributed by atoms with Crippen molar-refractivity contribution in [1.82, 2.24) is 0 Å². The fourth-order valence-corrected chi connectivity index (χ4v) is 3.05. The predicted molar refractivity (Wildman–Crippen MR) is 71.1 cm³/mol. The highest BCUT2D eigenvalue weighted by Gasteiger charge is 2.07. The van der Waals surface area contributed by atoms with Crippen molar-refractivity contribution >= 4 is 33.0 Å². The molecule has 2 rings (SSSR count). The number of Topliss-reactive ketones (excluding diaryl/α,β-unsaturated/α-hetero) is 1. The van der Waals surface area contributed by atoms with Gasteiger partial charge in [0.05, 0.1) is 0 Å². The average molecular weight is 295 g/mol. The molecule has 0 saturated carbocycles. The van der Waals surface area contributed by atoms with E-state index >= 15 is 0 Å². The molecule has 1 nitrogen and oxygen atoms in total. The Hall–Kier alpha value is -0.930.